The molecule has 0 radical (unpaired) electrons. The molecule has 4 aromatic heterocycles. The Bertz CT molecular complexity index is 1540. The van der Waals surface area contributed by atoms with E-state index in [1.807, 2.05) is 61.5 Å². The fourth-order valence-electron chi connectivity index (χ4n) is 4.01. The minimum atomic E-state index is 0.314. The van der Waals surface area contributed by atoms with Crippen LogP contribution >= 0.6 is 0 Å². The molecule has 4 heterocycles. The van der Waals surface area contributed by atoms with Crippen molar-refractivity contribution in [2.24, 2.45) is 7.05 Å². The van der Waals surface area contributed by atoms with Gasteiger partial charge in [-0.05, 0) is 18.6 Å². The molecule has 0 amide bonds. The van der Waals surface area contributed by atoms with E-state index in [1.54, 1.807) is 38.4 Å². The lowest BCUT2D eigenvalue weighted by atomic mass is 10.2. The summed E-state index contributed by atoms with van der Waals surface area (Å²) in [5.74, 6) is 3.01. The number of methoxy groups -OCH3 is 3. The van der Waals surface area contributed by atoms with Gasteiger partial charge in [-0.15, -0.1) is 0 Å². The summed E-state index contributed by atoms with van der Waals surface area (Å²) in [5, 5.41) is 4.24. The molecule has 0 saturated heterocycles. The van der Waals surface area contributed by atoms with Crippen LogP contribution < -0.4 is 19.1 Å². The molecule has 0 spiro atoms. The second kappa shape index (κ2) is 10.7. The normalized spacial score (nSPS) is 11.0. The second-order valence-electron chi connectivity index (χ2n) is 8.50. The molecule has 1 aromatic carbocycles. The van der Waals surface area contributed by atoms with Crippen LogP contribution in [-0.4, -0.2) is 56.0 Å². The molecule has 0 aliphatic rings. The van der Waals surface area contributed by atoms with Crippen molar-refractivity contribution in [1.82, 2.24) is 34.7 Å². The van der Waals surface area contributed by atoms with Gasteiger partial charge < -0.3 is 19.1 Å². The minimum absolute atomic E-state index is 0.314. The Morgan fingerprint density at radius 1 is 0.868 bits per heavy atom. The maximum atomic E-state index is 5.53. The van der Waals surface area contributed by atoms with Crippen molar-refractivity contribution < 1.29 is 14.2 Å². The third kappa shape index (κ3) is 5.17. The Morgan fingerprint density at radius 3 is 2.32 bits per heavy atom. The molecule has 11 heteroatoms. The number of hydrogen-bond acceptors (Lipinski definition) is 10. The number of hydrogen-bond donors (Lipinski definition) is 0. The average molecular weight is 513 g/mol. The first kappa shape index (κ1) is 24.9. The van der Waals surface area contributed by atoms with Crippen LogP contribution in [0, 0.1) is 0 Å². The van der Waals surface area contributed by atoms with Crippen molar-refractivity contribution in [3.63, 3.8) is 0 Å². The Kier molecular flexibility index (Phi) is 6.98. The summed E-state index contributed by atoms with van der Waals surface area (Å²) in [7, 11) is 6.69. The van der Waals surface area contributed by atoms with Gasteiger partial charge >= 0.3 is 0 Å². The molecule has 0 saturated carbocycles. The topological polar surface area (TPSA) is 113 Å². The quantitative estimate of drug-likeness (QED) is 0.285. The van der Waals surface area contributed by atoms with Gasteiger partial charge in [0.25, 0.3) is 0 Å². The molecule has 0 fully saturated rings. The molecule has 0 atom stereocenters. The lowest BCUT2D eigenvalue weighted by Crippen LogP contribution is -2.20. The zero-order valence-electron chi connectivity index (χ0n) is 21.9. The van der Waals surface area contributed by atoms with Crippen LogP contribution in [0.4, 0.5) is 11.5 Å². The Hall–Kier alpha value is -4.80. The van der Waals surface area contributed by atoms with Gasteiger partial charge in [0, 0.05) is 48.8 Å². The number of rotatable bonds is 9. The maximum absolute atomic E-state index is 5.53. The molecule has 38 heavy (non-hydrogen) atoms. The lowest BCUT2D eigenvalue weighted by molar-refractivity contribution is 0.393. The zero-order chi connectivity index (χ0) is 26.6. The Balaban J connectivity index is 1.64. The van der Waals surface area contributed by atoms with Gasteiger partial charge in [-0.2, -0.15) is 10.1 Å². The van der Waals surface area contributed by atoms with E-state index in [-0.39, 0.29) is 0 Å². The van der Waals surface area contributed by atoms with E-state index in [4.69, 9.17) is 29.2 Å². The number of ether oxygens (including phenoxy) is 3. The van der Waals surface area contributed by atoms with Crippen LogP contribution in [0.5, 0.6) is 17.4 Å². The van der Waals surface area contributed by atoms with E-state index in [0.717, 1.165) is 23.4 Å². The molecule has 0 N–H and O–H groups in total. The van der Waals surface area contributed by atoms with Crippen LogP contribution in [0.3, 0.4) is 0 Å². The van der Waals surface area contributed by atoms with Crippen molar-refractivity contribution in [3.8, 4) is 28.6 Å². The predicted molar refractivity (Wildman–Crippen MR) is 143 cm³/mol. The third-order valence-corrected chi connectivity index (χ3v) is 5.99. The highest BCUT2D eigenvalue weighted by Gasteiger charge is 2.18. The summed E-state index contributed by atoms with van der Waals surface area (Å²) in [6, 6.07) is 11.3. The van der Waals surface area contributed by atoms with Crippen LogP contribution in [0.25, 0.3) is 22.4 Å². The zero-order valence-corrected chi connectivity index (χ0v) is 21.9. The molecule has 5 rings (SSSR count). The highest BCUT2D eigenvalue weighted by atomic mass is 16.5. The molecular formula is C27H28N8O3. The molecule has 0 unspecified atom stereocenters. The highest BCUT2D eigenvalue weighted by molar-refractivity contribution is 5.77. The maximum Gasteiger partial charge on any atom is 0.216 e. The number of aryl methyl sites for hydroxylation is 2. The summed E-state index contributed by atoms with van der Waals surface area (Å²) >= 11 is 0. The van der Waals surface area contributed by atoms with Crippen LogP contribution in [0.1, 0.15) is 18.4 Å². The van der Waals surface area contributed by atoms with Gasteiger partial charge in [-0.3, -0.25) is 9.67 Å². The summed E-state index contributed by atoms with van der Waals surface area (Å²) in [5.41, 5.74) is 4.40. The number of nitrogens with zero attached hydrogens (tertiary/aromatic N) is 8. The first-order chi connectivity index (χ1) is 18.5. The van der Waals surface area contributed by atoms with Gasteiger partial charge in [0.15, 0.2) is 11.5 Å². The molecular weight excluding hydrogens is 484 g/mol. The van der Waals surface area contributed by atoms with Crippen molar-refractivity contribution in [3.05, 3.63) is 66.5 Å². The summed E-state index contributed by atoms with van der Waals surface area (Å²) in [6.45, 7) is 2.36. The number of anilines is 2. The minimum Gasteiger partial charge on any atom is -0.497 e. The number of benzene rings is 1. The first-order valence-electron chi connectivity index (χ1n) is 12.0. The molecule has 11 nitrogen and oxygen atoms in total. The number of fused-ring (bicyclic) bond motifs is 1. The van der Waals surface area contributed by atoms with Gasteiger partial charge in [-0.25, -0.2) is 15.0 Å². The monoisotopic (exact) mass is 512 g/mol. The smallest absolute Gasteiger partial charge is 0.216 e. The SMILES string of the molecule is CCc1cc(OC)nc(CN(c2cc(OC)cc(OC)c2)c2ccc3ncc(-c4cnn(C)c4)nc3n2)n1. The van der Waals surface area contributed by atoms with E-state index >= 15 is 0 Å². The van der Waals surface area contributed by atoms with E-state index in [0.29, 0.717) is 52.4 Å². The fourth-order valence-corrected chi connectivity index (χ4v) is 4.01. The largest absolute Gasteiger partial charge is 0.497 e. The highest BCUT2D eigenvalue weighted by Crippen LogP contribution is 2.34. The molecule has 0 bridgehead atoms. The van der Waals surface area contributed by atoms with Crippen molar-refractivity contribution in [2.75, 3.05) is 26.2 Å². The predicted octanol–water partition coefficient (Wildman–Crippen LogP) is 4.14. The standard InChI is InChI=1S/C27H28N8O3/c1-6-18-9-26(38-5)32-24(30-18)16-35(19-10-20(36-3)12-21(11-19)37-4)25-8-7-22-27(33-25)31-23(14-28-22)17-13-29-34(2)15-17/h7-15H,6,16H2,1-5H3. The number of pyridine rings is 1. The van der Waals surface area contributed by atoms with Crippen LogP contribution in [0.15, 0.2) is 55.0 Å². The van der Waals surface area contributed by atoms with Gasteiger partial charge in [0.05, 0.1) is 51.6 Å². The summed E-state index contributed by atoms with van der Waals surface area (Å²) in [6.07, 6.45) is 6.11. The Labute approximate surface area is 220 Å². The number of aromatic nitrogens is 7. The molecule has 5 aromatic rings. The van der Waals surface area contributed by atoms with E-state index in [9.17, 15) is 0 Å². The van der Waals surface area contributed by atoms with Crippen molar-refractivity contribution >= 4 is 22.7 Å². The fraction of sp³-hybridized carbons (Fsp3) is 0.259. The second-order valence-corrected chi connectivity index (χ2v) is 8.50. The van der Waals surface area contributed by atoms with Crippen molar-refractivity contribution in [1.29, 1.82) is 0 Å². The third-order valence-electron chi connectivity index (χ3n) is 5.99. The van der Waals surface area contributed by atoms with E-state index in [2.05, 4.69) is 15.1 Å². The van der Waals surface area contributed by atoms with Gasteiger partial charge in [-0.1, -0.05) is 6.92 Å². The van der Waals surface area contributed by atoms with Crippen LogP contribution in [0.2, 0.25) is 0 Å². The summed E-state index contributed by atoms with van der Waals surface area (Å²) in [4.78, 5) is 25.5. The van der Waals surface area contributed by atoms with Crippen LogP contribution in [-0.2, 0) is 20.0 Å². The first-order valence-corrected chi connectivity index (χ1v) is 12.0. The summed E-state index contributed by atoms with van der Waals surface area (Å²) < 4.78 is 18.2. The van der Waals surface area contributed by atoms with E-state index < -0.39 is 0 Å². The molecule has 0 aliphatic carbocycles. The van der Waals surface area contributed by atoms with Crippen molar-refractivity contribution in [2.45, 2.75) is 19.9 Å². The lowest BCUT2D eigenvalue weighted by Gasteiger charge is -2.24. The van der Waals surface area contributed by atoms with E-state index in [1.165, 1.54) is 0 Å². The average Bonchev–Trinajstić information content (AvgIpc) is 3.40. The van der Waals surface area contributed by atoms with Gasteiger partial charge in [0.2, 0.25) is 5.88 Å². The molecule has 0 aliphatic heterocycles. The Morgan fingerprint density at radius 2 is 1.66 bits per heavy atom. The van der Waals surface area contributed by atoms with Gasteiger partial charge in [0.1, 0.15) is 22.8 Å². The molecule has 194 valence electrons.